The van der Waals surface area contributed by atoms with E-state index in [1.54, 1.807) is 45.0 Å². The Morgan fingerprint density at radius 2 is 1.29 bits per heavy atom. The lowest BCUT2D eigenvalue weighted by Crippen LogP contribution is -2.46. The highest BCUT2D eigenvalue weighted by Gasteiger charge is 2.30. The van der Waals surface area contributed by atoms with Gasteiger partial charge in [-0.05, 0) is 63.8 Å². The normalized spacial score (nSPS) is 13.4. The summed E-state index contributed by atoms with van der Waals surface area (Å²) in [6, 6.07) is 18.2. The number of anilines is 2. The van der Waals surface area contributed by atoms with E-state index in [0.29, 0.717) is 23.7 Å². The molecule has 0 unspecified atom stereocenters. The lowest BCUT2D eigenvalue weighted by atomic mass is 10.2. The summed E-state index contributed by atoms with van der Waals surface area (Å²) in [7, 11) is 0. The van der Waals surface area contributed by atoms with Crippen LogP contribution in [0.3, 0.4) is 0 Å². The van der Waals surface area contributed by atoms with E-state index in [1.807, 2.05) is 36.4 Å². The molecule has 0 atom stereocenters. The minimum absolute atomic E-state index is 0.0765. The average molecular weight is 423 g/mol. The molecule has 1 saturated carbocycles. The second-order valence-corrected chi connectivity index (χ2v) is 8.86. The van der Waals surface area contributed by atoms with Crippen LogP contribution >= 0.6 is 0 Å². The maximum absolute atomic E-state index is 13.4. The van der Waals surface area contributed by atoms with Crippen LogP contribution in [0.25, 0.3) is 0 Å². The Balaban J connectivity index is 1.82. The fraction of sp³-hybridized carbons (Fsp3) is 0.400. The van der Waals surface area contributed by atoms with Gasteiger partial charge in [-0.15, -0.1) is 0 Å². The maximum atomic E-state index is 13.4. The number of rotatable bonds is 8. The molecule has 6 nitrogen and oxygen atoms in total. The van der Waals surface area contributed by atoms with Crippen molar-refractivity contribution in [3.63, 3.8) is 0 Å². The molecule has 0 bridgehead atoms. The molecule has 2 aromatic rings. The third-order valence-electron chi connectivity index (χ3n) is 4.90. The van der Waals surface area contributed by atoms with Gasteiger partial charge in [0.2, 0.25) is 11.8 Å². The molecule has 31 heavy (non-hydrogen) atoms. The summed E-state index contributed by atoms with van der Waals surface area (Å²) in [6.07, 6.45) is 2.54. The Morgan fingerprint density at radius 3 is 1.74 bits per heavy atom. The van der Waals surface area contributed by atoms with Crippen molar-refractivity contribution < 1.29 is 19.1 Å². The number of amides is 2. The molecule has 164 valence electrons. The smallest absolute Gasteiger partial charge is 0.326 e. The summed E-state index contributed by atoms with van der Waals surface area (Å²) in [5.41, 5.74) is 0.603. The molecular weight excluding hydrogens is 392 g/mol. The Hall–Kier alpha value is -3.15. The van der Waals surface area contributed by atoms with Crippen LogP contribution in [0, 0.1) is 5.92 Å². The number of hydrogen-bond donors (Lipinski definition) is 0. The monoisotopic (exact) mass is 422 g/mol. The van der Waals surface area contributed by atoms with Gasteiger partial charge in [0, 0.05) is 17.8 Å². The van der Waals surface area contributed by atoms with Crippen LogP contribution < -0.4 is 9.80 Å². The van der Waals surface area contributed by atoms with Gasteiger partial charge in [-0.1, -0.05) is 36.4 Å². The van der Waals surface area contributed by atoms with Crippen LogP contribution in [-0.4, -0.2) is 36.5 Å². The highest BCUT2D eigenvalue weighted by Crippen LogP contribution is 2.33. The zero-order valence-electron chi connectivity index (χ0n) is 18.4. The molecule has 0 aromatic heterocycles. The van der Waals surface area contributed by atoms with Gasteiger partial charge in [-0.25, -0.2) is 0 Å². The minimum atomic E-state index is -0.654. The molecular formula is C25H30N2O4. The highest BCUT2D eigenvalue weighted by molar-refractivity contribution is 6.05. The molecule has 1 fully saturated rings. The van der Waals surface area contributed by atoms with Crippen molar-refractivity contribution >= 4 is 29.2 Å². The van der Waals surface area contributed by atoms with Gasteiger partial charge in [0.1, 0.15) is 18.7 Å². The van der Waals surface area contributed by atoms with Crippen molar-refractivity contribution in [2.45, 2.75) is 45.6 Å². The van der Waals surface area contributed by atoms with Crippen molar-refractivity contribution in [2.75, 3.05) is 22.9 Å². The number of carbonyl (C=O) groups is 3. The fourth-order valence-corrected chi connectivity index (χ4v) is 3.27. The third-order valence-corrected chi connectivity index (χ3v) is 4.90. The van der Waals surface area contributed by atoms with Crippen LogP contribution in [0.5, 0.6) is 0 Å². The Kier molecular flexibility index (Phi) is 7.10. The highest BCUT2D eigenvalue weighted by atomic mass is 16.6. The number of esters is 1. The van der Waals surface area contributed by atoms with Crippen molar-refractivity contribution in [3.05, 3.63) is 60.7 Å². The maximum Gasteiger partial charge on any atom is 0.326 e. The van der Waals surface area contributed by atoms with E-state index in [9.17, 15) is 14.4 Å². The van der Waals surface area contributed by atoms with Crippen LogP contribution in [0.1, 0.15) is 40.0 Å². The van der Waals surface area contributed by atoms with E-state index >= 15 is 0 Å². The van der Waals surface area contributed by atoms with Gasteiger partial charge >= 0.3 is 5.97 Å². The van der Waals surface area contributed by atoms with Gasteiger partial charge in [0.25, 0.3) is 0 Å². The van der Waals surface area contributed by atoms with Crippen LogP contribution in [-0.2, 0) is 19.1 Å². The number of hydrogen-bond acceptors (Lipinski definition) is 4. The van der Waals surface area contributed by atoms with E-state index in [2.05, 4.69) is 0 Å². The van der Waals surface area contributed by atoms with E-state index in [0.717, 1.165) is 12.8 Å². The quantitative estimate of drug-likeness (QED) is 0.598. The van der Waals surface area contributed by atoms with Gasteiger partial charge < -0.3 is 9.64 Å². The standard InChI is InChI=1S/C25H30N2O4/c1-25(2,3)31-24(30)18-27(21-12-8-5-9-13-21)23(29)17-26(20-10-6-4-7-11-20)22(28)16-19-14-15-19/h4-13,19H,14-18H2,1-3H3. The summed E-state index contributed by atoms with van der Waals surface area (Å²) in [4.78, 5) is 41.7. The summed E-state index contributed by atoms with van der Waals surface area (Å²) in [6.45, 7) is 4.99. The number of nitrogens with zero attached hydrogens (tertiary/aromatic N) is 2. The van der Waals surface area contributed by atoms with Crippen LogP contribution in [0.15, 0.2) is 60.7 Å². The Labute approximate surface area is 183 Å². The van der Waals surface area contributed by atoms with Crippen molar-refractivity contribution in [2.24, 2.45) is 5.92 Å². The first-order chi connectivity index (χ1) is 14.7. The van der Waals surface area contributed by atoms with Crippen molar-refractivity contribution in [1.82, 2.24) is 0 Å². The molecule has 0 spiro atoms. The molecule has 6 heteroatoms. The lowest BCUT2D eigenvalue weighted by Gasteiger charge is -2.28. The number of carbonyl (C=O) groups excluding carboxylic acids is 3. The average Bonchev–Trinajstić information content (AvgIpc) is 3.54. The fourth-order valence-electron chi connectivity index (χ4n) is 3.27. The predicted octanol–water partition coefficient (Wildman–Crippen LogP) is 4.19. The number of benzene rings is 2. The molecule has 0 heterocycles. The molecule has 2 aromatic carbocycles. The molecule has 0 saturated heterocycles. The molecule has 1 aliphatic carbocycles. The van der Waals surface area contributed by atoms with Gasteiger partial charge in [-0.3, -0.25) is 19.3 Å². The second kappa shape index (κ2) is 9.77. The van der Waals surface area contributed by atoms with Gasteiger partial charge in [0.05, 0.1) is 0 Å². The van der Waals surface area contributed by atoms with Crippen LogP contribution in [0.2, 0.25) is 0 Å². The lowest BCUT2D eigenvalue weighted by molar-refractivity contribution is -0.153. The second-order valence-electron chi connectivity index (χ2n) is 8.86. The molecule has 0 aliphatic heterocycles. The Bertz CT molecular complexity index is 902. The van der Waals surface area contributed by atoms with Crippen molar-refractivity contribution in [3.8, 4) is 0 Å². The first-order valence-electron chi connectivity index (χ1n) is 10.7. The van der Waals surface area contributed by atoms with Gasteiger partial charge in [-0.2, -0.15) is 0 Å². The van der Waals surface area contributed by atoms with Crippen LogP contribution in [0.4, 0.5) is 11.4 Å². The third kappa shape index (κ3) is 6.95. The molecule has 0 N–H and O–H groups in total. The molecule has 2 amide bonds. The SMILES string of the molecule is CC(C)(C)OC(=O)CN(C(=O)CN(C(=O)CC1CC1)c1ccccc1)c1ccccc1. The zero-order valence-corrected chi connectivity index (χ0v) is 18.4. The largest absolute Gasteiger partial charge is 0.459 e. The predicted molar refractivity (Wildman–Crippen MR) is 121 cm³/mol. The first-order valence-corrected chi connectivity index (χ1v) is 10.7. The number of ether oxygens (including phenoxy) is 1. The van der Waals surface area contributed by atoms with Gasteiger partial charge in [0.15, 0.2) is 0 Å². The summed E-state index contributed by atoms with van der Waals surface area (Å²) < 4.78 is 5.42. The Morgan fingerprint density at radius 1 is 0.806 bits per heavy atom. The topological polar surface area (TPSA) is 66.9 Å². The molecule has 1 aliphatic rings. The van der Waals surface area contributed by atoms with E-state index in [4.69, 9.17) is 4.74 Å². The zero-order chi connectivity index (χ0) is 22.4. The van der Waals surface area contributed by atoms with E-state index in [-0.39, 0.29) is 24.9 Å². The first kappa shape index (κ1) is 22.5. The molecule has 3 rings (SSSR count). The van der Waals surface area contributed by atoms with Crippen molar-refractivity contribution in [1.29, 1.82) is 0 Å². The molecule has 0 radical (unpaired) electrons. The van der Waals surface area contributed by atoms with E-state index in [1.165, 1.54) is 9.80 Å². The minimum Gasteiger partial charge on any atom is -0.459 e. The summed E-state index contributed by atoms with van der Waals surface area (Å²) >= 11 is 0. The summed E-state index contributed by atoms with van der Waals surface area (Å²) in [5.74, 6) is -0.515. The summed E-state index contributed by atoms with van der Waals surface area (Å²) in [5, 5.41) is 0. The van der Waals surface area contributed by atoms with E-state index < -0.39 is 11.6 Å². The number of para-hydroxylation sites is 2.